The molecule has 1 saturated carbocycles. The van der Waals surface area contributed by atoms with E-state index in [2.05, 4.69) is 43.8 Å². The fourth-order valence-corrected chi connectivity index (χ4v) is 11.1. The highest BCUT2D eigenvalue weighted by atomic mass is 19.1. The number of fused-ring (bicyclic) bond motifs is 3. The number of nitrogens with zero attached hydrogens (tertiary/aromatic N) is 2. The maximum absolute atomic E-state index is 14.9. The molecule has 69 heavy (non-hydrogen) atoms. The van der Waals surface area contributed by atoms with Gasteiger partial charge in [0.1, 0.15) is 36.2 Å². The fraction of sp³-hybridized carbons (Fsp3) is 0.517. The topological polar surface area (TPSA) is 119 Å². The number of rotatable bonds is 28. The van der Waals surface area contributed by atoms with Crippen molar-refractivity contribution in [2.45, 2.75) is 140 Å². The number of unbranched alkanes of at least 4 members (excludes halogenated alkanes) is 11. The molecule has 10 nitrogen and oxygen atoms in total. The first-order chi connectivity index (χ1) is 33.8. The third-order valence-corrected chi connectivity index (χ3v) is 14.4. The van der Waals surface area contributed by atoms with Crippen LogP contribution in [-0.2, 0) is 20.9 Å². The number of ether oxygens (including phenoxy) is 4. The van der Waals surface area contributed by atoms with Crippen molar-refractivity contribution in [1.29, 1.82) is 0 Å². The number of oxime groups is 1. The van der Waals surface area contributed by atoms with Crippen molar-refractivity contribution in [2.75, 3.05) is 33.5 Å². The maximum atomic E-state index is 14.9. The van der Waals surface area contributed by atoms with Gasteiger partial charge in [0, 0.05) is 37.7 Å². The molecule has 0 radical (unpaired) electrons. The maximum Gasteiger partial charge on any atom is 0.410 e. The van der Waals surface area contributed by atoms with Crippen LogP contribution in [0.15, 0.2) is 114 Å². The van der Waals surface area contributed by atoms with Gasteiger partial charge in [-0.3, -0.25) is 4.90 Å². The first-order valence-corrected chi connectivity index (χ1v) is 25.8. The van der Waals surface area contributed by atoms with E-state index in [1.165, 1.54) is 64.2 Å². The Labute approximate surface area is 409 Å². The van der Waals surface area contributed by atoms with E-state index in [1.807, 2.05) is 36.4 Å². The molecule has 2 N–H and O–H groups in total. The summed E-state index contributed by atoms with van der Waals surface area (Å²) in [6.07, 6.45) is 19.8. The van der Waals surface area contributed by atoms with E-state index < -0.39 is 23.8 Å². The van der Waals surface area contributed by atoms with Crippen molar-refractivity contribution in [3.8, 4) is 17.2 Å². The minimum atomic E-state index is -1.48. The predicted molar refractivity (Wildman–Crippen MR) is 271 cm³/mol. The molecule has 0 saturated heterocycles. The van der Waals surface area contributed by atoms with Crippen molar-refractivity contribution in [3.63, 3.8) is 0 Å². The van der Waals surface area contributed by atoms with Crippen molar-refractivity contribution in [2.24, 2.45) is 22.9 Å². The van der Waals surface area contributed by atoms with Crippen LogP contribution in [0.4, 0.5) is 9.18 Å². The van der Waals surface area contributed by atoms with Crippen LogP contribution in [0.25, 0.3) is 10.8 Å². The highest BCUT2D eigenvalue weighted by Gasteiger charge is 2.65. The van der Waals surface area contributed by atoms with Gasteiger partial charge in [-0.15, -0.1) is 6.58 Å². The van der Waals surface area contributed by atoms with E-state index in [0.29, 0.717) is 35.8 Å². The lowest BCUT2D eigenvalue weighted by Crippen LogP contribution is -2.70. The molecule has 1 amide bonds. The first kappa shape index (κ1) is 51.6. The molecule has 372 valence electrons. The Morgan fingerprint density at radius 3 is 2.23 bits per heavy atom. The van der Waals surface area contributed by atoms with E-state index in [0.717, 1.165) is 72.4 Å². The van der Waals surface area contributed by atoms with Crippen LogP contribution in [-0.4, -0.2) is 72.3 Å². The Balaban J connectivity index is 1.30. The number of benzene rings is 4. The number of allylic oxidation sites excluding steroid dienone is 1. The first-order valence-electron chi connectivity index (χ1n) is 25.8. The van der Waals surface area contributed by atoms with Crippen molar-refractivity contribution in [1.82, 2.24) is 4.90 Å². The third-order valence-electron chi connectivity index (χ3n) is 14.4. The Kier molecular flexibility index (Phi) is 19.5. The number of carbonyl (C=O) groups excluding carboxylic acids is 1. The van der Waals surface area contributed by atoms with E-state index >= 15 is 0 Å². The molecule has 0 bridgehead atoms. The molecular weight excluding hydrogens is 872 g/mol. The molecule has 2 aliphatic carbocycles. The van der Waals surface area contributed by atoms with E-state index in [-0.39, 0.29) is 63.0 Å². The monoisotopic (exact) mass is 947 g/mol. The van der Waals surface area contributed by atoms with Crippen LogP contribution in [0.5, 0.6) is 17.2 Å². The van der Waals surface area contributed by atoms with Gasteiger partial charge in [-0.1, -0.05) is 137 Å². The molecule has 6 unspecified atom stereocenters. The van der Waals surface area contributed by atoms with E-state index in [9.17, 15) is 19.4 Å². The van der Waals surface area contributed by atoms with Gasteiger partial charge in [-0.05, 0) is 108 Å². The molecule has 0 aromatic heterocycles. The molecule has 1 heterocycles. The van der Waals surface area contributed by atoms with Crippen molar-refractivity contribution in [3.05, 3.63) is 126 Å². The third kappa shape index (κ3) is 13.0. The number of carbonyl (C=O) groups is 1. The SMILES string of the molecule is C=CCOC12Oc3ccc(Oc4ccc5ccccc5c4)cc3C3C(CCCCO)C(CCCCO)C=C(C(=NOC)CC1N(Cc1ccc(F)cc1)C(=O)OCCCCCCCCCCCC)C32. The highest BCUT2D eigenvalue weighted by Crippen LogP contribution is 2.62. The smallest absolute Gasteiger partial charge is 0.410 e. The number of aliphatic hydroxyl groups excluding tert-OH is 2. The minimum absolute atomic E-state index is 0.0330. The Bertz CT molecular complexity index is 2320. The van der Waals surface area contributed by atoms with Crippen molar-refractivity contribution < 1.29 is 43.2 Å². The van der Waals surface area contributed by atoms with Gasteiger partial charge >= 0.3 is 6.09 Å². The number of halogens is 1. The molecule has 0 spiro atoms. The number of hydrogen-bond acceptors (Lipinski definition) is 9. The second kappa shape index (κ2) is 26.1. The predicted octanol–water partition coefficient (Wildman–Crippen LogP) is 13.6. The molecule has 11 heteroatoms. The zero-order chi connectivity index (χ0) is 48.4. The summed E-state index contributed by atoms with van der Waals surface area (Å²) in [5.74, 6) is -0.517. The quantitative estimate of drug-likeness (QED) is 0.0328. The number of hydrogen-bond donors (Lipinski definition) is 2. The molecule has 1 aliphatic heterocycles. The van der Waals surface area contributed by atoms with Crippen LogP contribution in [0.2, 0.25) is 0 Å². The lowest BCUT2D eigenvalue weighted by molar-refractivity contribution is -0.256. The Morgan fingerprint density at radius 2 is 1.52 bits per heavy atom. The average Bonchev–Trinajstić information content (AvgIpc) is 3.36. The zero-order valence-electron chi connectivity index (χ0n) is 41.0. The van der Waals surface area contributed by atoms with E-state index in [1.54, 1.807) is 23.1 Å². The zero-order valence-corrected chi connectivity index (χ0v) is 41.0. The van der Waals surface area contributed by atoms with Gasteiger partial charge in [0.05, 0.1) is 24.8 Å². The fourth-order valence-electron chi connectivity index (χ4n) is 11.1. The van der Waals surface area contributed by atoms with Gasteiger partial charge in [0.25, 0.3) is 0 Å². The molecule has 4 aromatic carbocycles. The molecule has 4 aromatic rings. The summed E-state index contributed by atoms with van der Waals surface area (Å²) < 4.78 is 41.8. The summed E-state index contributed by atoms with van der Waals surface area (Å²) in [4.78, 5) is 22.3. The summed E-state index contributed by atoms with van der Waals surface area (Å²) in [6, 6.07) is 25.6. The minimum Gasteiger partial charge on any atom is -0.459 e. The van der Waals surface area contributed by atoms with Crippen LogP contribution in [0.1, 0.15) is 133 Å². The van der Waals surface area contributed by atoms with Crippen molar-refractivity contribution >= 4 is 22.6 Å². The van der Waals surface area contributed by atoms with Gasteiger partial charge in [0.2, 0.25) is 5.79 Å². The Morgan fingerprint density at radius 1 is 0.841 bits per heavy atom. The molecule has 6 atom stereocenters. The van der Waals surface area contributed by atoms with Crippen LogP contribution >= 0.6 is 0 Å². The van der Waals surface area contributed by atoms with Crippen LogP contribution in [0.3, 0.4) is 0 Å². The van der Waals surface area contributed by atoms with Gasteiger partial charge in [-0.2, -0.15) is 0 Å². The van der Waals surface area contributed by atoms with Gasteiger partial charge < -0.3 is 34.0 Å². The molecular formula is C58H75FN2O8. The van der Waals surface area contributed by atoms with Gasteiger partial charge in [0.15, 0.2) is 0 Å². The average molecular weight is 947 g/mol. The second-order valence-corrected chi connectivity index (χ2v) is 19.1. The summed E-state index contributed by atoms with van der Waals surface area (Å²) in [6.45, 7) is 6.96. The lowest BCUT2D eigenvalue weighted by atomic mass is 9.55. The largest absolute Gasteiger partial charge is 0.459 e. The number of amides is 1. The molecule has 7 rings (SSSR count). The Hall–Kier alpha value is -5.23. The summed E-state index contributed by atoms with van der Waals surface area (Å²) in [5, 5.41) is 26.9. The van der Waals surface area contributed by atoms with E-state index in [4.69, 9.17) is 28.9 Å². The summed E-state index contributed by atoms with van der Waals surface area (Å²) in [5.41, 5.74) is 3.28. The normalized spacial score (nSPS) is 22.0. The summed E-state index contributed by atoms with van der Waals surface area (Å²) in [7, 11) is 1.54. The second-order valence-electron chi connectivity index (χ2n) is 19.1. The van der Waals surface area contributed by atoms with Crippen LogP contribution < -0.4 is 9.47 Å². The number of aliphatic hydroxyl groups is 2. The van der Waals surface area contributed by atoms with Gasteiger partial charge in [-0.25, -0.2) is 9.18 Å². The van der Waals surface area contributed by atoms with Crippen LogP contribution in [0, 0.1) is 23.6 Å². The highest BCUT2D eigenvalue weighted by molar-refractivity contribution is 6.03. The molecule has 3 aliphatic rings. The standard InChI is InChI=1S/C58H75FN2O8/c1-4-6-7-8-9-10-11-12-13-20-36-66-57(64)61(41-42-25-28-46(59)29-26-42)54-40-52(60-65-3)50-38-45(23-16-18-33-62)49(24-17-19-34-63)55-51-39-48(68-47-30-27-43-21-14-15-22-44(43)37-47)31-32-53(51)69-58(54,56(50)55)67-35-5-2/h5,14-15,21-22,25-32,37-39,45,49,54-56,62-63H,2,4,6-13,16-20,23-24,33-36,40-41H2,1,3H3. The summed E-state index contributed by atoms with van der Waals surface area (Å²) >= 11 is 0. The molecule has 1 fully saturated rings. The lowest BCUT2D eigenvalue weighted by Gasteiger charge is -2.59.